The predicted octanol–water partition coefficient (Wildman–Crippen LogP) is 11.1. The van der Waals surface area contributed by atoms with E-state index >= 15 is 0 Å². The van der Waals surface area contributed by atoms with Crippen LogP contribution >= 0.6 is 0 Å². The van der Waals surface area contributed by atoms with Crippen molar-refractivity contribution in [2.45, 2.75) is 140 Å². The molecular formula is C68H78N10O12S2. The van der Waals surface area contributed by atoms with Crippen molar-refractivity contribution in [3.63, 3.8) is 0 Å². The van der Waals surface area contributed by atoms with E-state index in [9.17, 15) is 42.1 Å². The second-order valence-corrected chi connectivity index (χ2v) is 28.3. The van der Waals surface area contributed by atoms with E-state index in [1.807, 2.05) is 113 Å². The number of rotatable bonds is 25. The first-order valence-corrected chi connectivity index (χ1v) is 32.4. The van der Waals surface area contributed by atoms with Gasteiger partial charge in [-0.2, -0.15) is 25.0 Å². The van der Waals surface area contributed by atoms with Crippen LogP contribution < -0.4 is 24.1 Å². The van der Waals surface area contributed by atoms with Gasteiger partial charge in [0.1, 0.15) is 40.1 Å². The third kappa shape index (κ3) is 18.2. The van der Waals surface area contributed by atoms with Crippen LogP contribution in [0.1, 0.15) is 133 Å². The number of pyridine rings is 2. The van der Waals surface area contributed by atoms with Crippen LogP contribution in [0.25, 0.3) is 22.3 Å². The van der Waals surface area contributed by atoms with Crippen molar-refractivity contribution in [3.05, 3.63) is 179 Å². The minimum absolute atomic E-state index is 0.0195. The normalized spacial score (nSPS) is 12.0. The van der Waals surface area contributed by atoms with Gasteiger partial charge >= 0.3 is 11.9 Å². The Morgan fingerprint density at radius 2 is 1.03 bits per heavy atom. The van der Waals surface area contributed by atoms with Gasteiger partial charge in [0.15, 0.2) is 0 Å². The smallest absolute Gasteiger partial charge is 0.310 e. The molecule has 0 aliphatic heterocycles. The molecule has 92 heavy (non-hydrogen) atoms. The molecule has 0 saturated carbocycles. The van der Waals surface area contributed by atoms with E-state index in [1.165, 1.54) is 33.8 Å². The molecule has 0 atom stereocenters. The van der Waals surface area contributed by atoms with Crippen molar-refractivity contribution >= 4 is 32.0 Å². The van der Waals surface area contributed by atoms with Crippen molar-refractivity contribution in [3.8, 4) is 57.7 Å². The number of hydrogen-bond donors (Lipinski definition) is 2. The topological polar surface area (TPSA) is 307 Å². The van der Waals surface area contributed by atoms with Gasteiger partial charge in [-0.05, 0) is 177 Å². The standard InChI is InChI=1S/C44H51N5O7S.C24H27N5O5S/c1-30(2)38-20-33(24-45)21-39(40(38)23-42(50)56-43(3,4)5)34-18-19-46-41(22-34)55-29-44(6,7)49-28-37(25-47-49)57(51,52)48(26-31-10-14-35(53-8)15-11-31)27-32-12-16-36(54-9)17-13-32;1-15(2)19-7-16(11-25)8-20(21(19)10-23(30)31)17-5-6-27-22(9-17)34-14-24(3,4)29-13-18(12-28-29)35(26,32)33/h10-22,25,28,30H,23,26-27,29H2,1-9H3;5-9,12-13,15H,10,14H2,1-4H3,(H,30,31)(H2,26,32,33). The Balaban J connectivity index is 0.000000293. The fourth-order valence-electron chi connectivity index (χ4n) is 9.88. The Bertz CT molecular complexity index is 4210. The summed E-state index contributed by atoms with van der Waals surface area (Å²) < 4.78 is 84.5. The number of sulfonamides is 2. The van der Waals surface area contributed by atoms with Gasteiger partial charge in [0.05, 0.1) is 73.8 Å². The maximum Gasteiger partial charge on any atom is 0.310 e. The fourth-order valence-corrected chi connectivity index (χ4v) is 11.7. The van der Waals surface area contributed by atoms with Crippen LogP contribution in [0.15, 0.2) is 144 Å². The summed E-state index contributed by atoms with van der Waals surface area (Å²) in [6.07, 6.45) is 8.37. The largest absolute Gasteiger partial charge is 0.497 e. The van der Waals surface area contributed by atoms with Crippen molar-refractivity contribution < 1.29 is 55.2 Å². The first-order chi connectivity index (χ1) is 43.2. The highest BCUT2D eigenvalue weighted by molar-refractivity contribution is 7.89. The fraction of sp³-hybridized carbons (Fsp3) is 0.353. The van der Waals surface area contributed by atoms with Crippen LogP contribution in [0.5, 0.6) is 23.3 Å². The average Bonchev–Trinajstić information content (AvgIpc) is 1.23. The molecule has 0 fully saturated rings. The molecule has 4 aromatic heterocycles. The van der Waals surface area contributed by atoms with Gasteiger partial charge in [-0.1, -0.05) is 52.0 Å². The number of ether oxygens (including phenoxy) is 5. The molecule has 0 bridgehead atoms. The SMILES string of the molecule is CC(C)c1cc(C#N)cc(-c2ccnc(OCC(C)(C)n3cc(S(N)(=O)=O)cn3)c2)c1CC(=O)O.COc1ccc(CN(Cc2ccc(OC)cc2)S(=O)(=O)c2cnn(C(C)(C)COc3cc(-c4cc(C#N)cc(C(C)C)c4CC(=O)OC(C)(C)C)ccn3)c2)cc1. The minimum Gasteiger partial charge on any atom is -0.497 e. The zero-order valence-electron chi connectivity index (χ0n) is 54.0. The number of nitriles is 2. The number of nitrogens with zero attached hydrogens (tertiary/aromatic N) is 9. The van der Waals surface area contributed by atoms with E-state index < -0.39 is 42.7 Å². The van der Waals surface area contributed by atoms with Crippen molar-refractivity contribution in [1.82, 2.24) is 33.8 Å². The van der Waals surface area contributed by atoms with Crippen molar-refractivity contribution in [2.75, 3.05) is 27.4 Å². The van der Waals surface area contributed by atoms with Crippen molar-refractivity contribution in [2.24, 2.45) is 5.14 Å². The summed E-state index contributed by atoms with van der Waals surface area (Å²) in [6, 6.07) is 33.0. The summed E-state index contributed by atoms with van der Waals surface area (Å²) in [6.45, 7) is 21.3. The van der Waals surface area contributed by atoms with E-state index in [0.717, 1.165) is 33.4 Å². The number of hydrogen-bond acceptors (Lipinski definition) is 17. The molecule has 0 radical (unpaired) electrons. The number of methoxy groups -OCH3 is 2. The number of primary sulfonamides is 1. The summed E-state index contributed by atoms with van der Waals surface area (Å²) in [5, 5.41) is 42.7. The maximum atomic E-state index is 14.3. The summed E-state index contributed by atoms with van der Waals surface area (Å²) in [5.74, 6) is 0.654. The number of benzene rings is 4. The lowest BCUT2D eigenvalue weighted by molar-refractivity contribution is -0.154. The van der Waals surface area contributed by atoms with Gasteiger partial charge in [0.2, 0.25) is 31.8 Å². The molecule has 484 valence electrons. The Hall–Kier alpha value is -9.46. The number of aliphatic carboxylic acids is 1. The average molecular weight is 1290 g/mol. The molecule has 22 nitrogen and oxygen atoms in total. The number of aromatic nitrogens is 6. The zero-order chi connectivity index (χ0) is 67.5. The summed E-state index contributed by atoms with van der Waals surface area (Å²) in [7, 11) is -4.74. The Labute approximate surface area is 538 Å². The molecule has 8 rings (SSSR count). The number of carboxylic acids is 1. The highest BCUT2D eigenvalue weighted by Gasteiger charge is 2.32. The van der Waals surface area contributed by atoms with E-state index in [2.05, 4.69) is 32.3 Å². The van der Waals surface area contributed by atoms with Gasteiger partial charge in [-0.3, -0.25) is 19.0 Å². The van der Waals surface area contributed by atoms with Gasteiger partial charge in [0, 0.05) is 50.0 Å². The number of carboxylic acid groups (broad SMARTS) is 1. The lowest BCUT2D eigenvalue weighted by atomic mass is 9.87. The number of esters is 1. The quantitative estimate of drug-likeness (QED) is 0.0502. The third-order valence-corrected chi connectivity index (χ3v) is 17.4. The molecule has 0 aliphatic carbocycles. The molecule has 0 spiro atoms. The Morgan fingerprint density at radius 3 is 1.40 bits per heavy atom. The van der Waals surface area contributed by atoms with E-state index in [-0.39, 0.29) is 72.6 Å². The van der Waals surface area contributed by atoms with Gasteiger partial charge in [-0.25, -0.2) is 31.9 Å². The van der Waals surface area contributed by atoms with E-state index in [0.29, 0.717) is 50.8 Å². The molecule has 0 aliphatic rings. The lowest BCUT2D eigenvalue weighted by Crippen LogP contribution is -2.34. The Morgan fingerprint density at radius 1 is 0.620 bits per heavy atom. The molecule has 4 aromatic carbocycles. The van der Waals surface area contributed by atoms with Crippen LogP contribution in [0.4, 0.5) is 0 Å². The molecule has 0 saturated heterocycles. The van der Waals surface area contributed by atoms with Crippen LogP contribution in [0.2, 0.25) is 0 Å². The van der Waals surface area contributed by atoms with Gasteiger partial charge in [0.25, 0.3) is 0 Å². The third-order valence-electron chi connectivity index (χ3n) is 14.7. The van der Waals surface area contributed by atoms with Gasteiger partial charge in [-0.15, -0.1) is 0 Å². The molecule has 24 heteroatoms. The minimum atomic E-state index is -4.03. The molecule has 0 amide bonds. The highest BCUT2D eigenvalue weighted by atomic mass is 32.2. The molecule has 8 aromatic rings. The summed E-state index contributed by atoms with van der Waals surface area (Å²) in [4.78, 5) is 33.3. The second-order valence-electron chi connectivity index (χ2n) is 24.8. The number of carbonyl (C=O) groups excluding carboxylic acids is 1. The first-order valence-electron chi connectivity index (χ1n) is 29.4. The molecule has 4 heterocycles. The van der Waals surface area contributed by atoms with Crippen LogP contribution in [-0.2, 0) is 71.4 Å². The maximum absolute atomic E-state index is 14.3. The monoisotopic (exact) mass is 1290 g/mol. The van der Waals surface area contributed by atoms with E-state index in [1.54, 1.807) is 92.0 Å². The van der Waals surface area contributed by atoms with Crippen LogP contribution in [0, 0.1) is 22.7 Å². The molecule has 0 unspecified atom stereocenters. The van der Waals surface area contributed by atoms with Gasteiger partial charge < -0.3 is 28.8 Å². The Kier molecular flexibility index (Phi) is 22.2. The second kappa shape index (κ2) is 29.2. The summed E-state index contributed by atoms with van der Waals surface area (Å²) in [5.41, 5.74) is 6.10. The van der Waals surface area contributed by atoms with Crippen LogP contribution in [-0.4, -0.2) is 101 Å². The zero-order valence-corrected chi connectivity index (χ0v) is 55.6. The van der Waals surface area contributed by atoms with E-state index in [4.69, 9.17) is 28.8 Å². The molecule has 3 N–H and O–H groups in total. The first kappa shape index (κ1) is 70.0. The number of carbonyl (C=O) groups is 2. The number of nitrogens with two attached hydrogens (primary N) is 1. The summed E-state index contributed by atoms with van der Waals surface area (Å²) >= 11 is 0. The predicted molar refractivity (Wildman–Crippen MR) is 346 cm³/mol. The van der Waals surface area contributed by atoms with Crippen LogP contribution in [0.3, 0.4) is 0 Å². The van der Waals surface area contributed by atoms with Crippen molar-refractivity contribution in [1.29, 1.82) is 10.5 Å². The highest BCUT2D eigenvalue weighted by Crippen LogP contribution is 2.37. The molecular weight excluding hydrogens is 1210 g/mol. The lowest BCUT2D eigenvalue weighted by Gasteiger charge is -2.25.